The molecule has 6 nitrogen and oxygen atoms in total. The summed E-state index contributed by atoms with van der Waals surface area (Å²) in [6, 6.07) is -0.245. The summed E-state index contributed by atoms with van der Waals surface area (Å²) in [4.78, 5) is 27.9. The van der Waals surface area contributed by atoms with Gasteiger partial charge in [0.05, 0.1) is 12.2 Å². The molecule has 1 heterocycles. The van der Waals surface area contributed by atoms with Crippen LogP contribution in [0.3, 0.4) is 0 Å². The summed E-state index contributed by atoms with van der Waals surface area (Å²) < 4.78 is 0. The van der Waals surface area contributed by atoms with Crippen molar-refractivity contribution < 1.29 is 19.8 Å². The van der Waals surface area contributed by atoms with E-state index in [2.05, 4.69) is 0 Å². The van der Waals surface area contributed by atoms with Crippen LogP contribution < -0.4 is 0 Å². The van der Waals surface area contributed by atoms with Gasteiger partial charge in [-0.05, 0) is 63.6 Å². The summed E-state index contributed by atoms with van der Waals surface area (Å²) in [5, 5.41) is 20.0. The summed E-state index contributed by atoms with van der Waals surface area (Å²) in [6.45, 7) is 0. The molecule has 3 rings (SSSR count). The van der Waals surface area contributed by atoms with Crippen LogP contribution in [-0.2, 0) is 9.59 Å². The maximum atomic E-state index is 12.4. The average molecular weight is 340 g/mol. The summed E-state index contributed by atoms with van der Waals surface area (Å²) in [7, 11) is 0. The van der Waals surface area contributed by atoms with Gasteiger partial charge in [0.2, 0.25) is 11.8 Å². The fourth-order valence-electron chi connectivity index (χ4n) is 4.10. The summed E-state index contributed by atoms with van der Waals surface area (Å²) in [5.74, 6) is -0.515. The van der Waals surface area contributed by atoms with Crippen LogP contribution in [0.2, 0.25) is 0 Å². The summed E-state index contributed by atoms with van der Waals surface area (Å²) in [5.41, 5.74) is 0. The smallest absolute Gasteiger partial charge is 0.238 e. The highest BCUT2D eigenvalue weighted by Gasteiger charge is 2.43. The minimum Gasteiger partial charge on any atom is -0.393 e. The van der Waals surface area contributed by atoms with Gasteiger partial charge >= 0.3 is 0 Å². The Morgan fingerprint density at radius 2 is 1.26 bits per heavy atom. The van der Waals surface area contributed by atoms with E-state index < -0.39 is 12.2 Å². The van der Waals surface area contributed by atoms with Crippen molar-refractivity contribution in [2.24, 2.45) is 0 Å². The molecule has 2 N–H and O–H groups in total. The lowest BCUT2D eigenvalue weighted by Crippen LogP contribution is -2.62. The lowest BCUT2D eigenvalue weighted by molar-refractivity contribution is -0.144. The summed E-state index contributed by atoms with van der Waals surface area (Å²) in [6.07, 6.45) is 4.87. The van der Waals surface area contributed by atoms with E-state index in [9.17, 15) is 19.8 Å². The first-order valence-corrected chi connectivity index (χ1v) is 8.92. The van der Waals surface area contributed by atoms with Crippen molar-refractivity contribution in [3.8, 4) is 0 Å². The maximum absolute atomic E-state index is 12.4. The number of amides is 2. The van der Waals surface area contributed by atoms with E-state index in [0.29, 0.717) is 12.8 Å². The predicted molar refractivity (Wildman–Crippen MR) is 87.4 cm³/mol. The first-order chi connectivity index (χ1) is 11.0. The Morgan fingerprint density at radius 1 is 0.826 bits per heavy atom. The van der Waals surface area contributed by atoms with Gasteiger partial charge in [-0.1, -0.05) is 0 Å². The number of aliphatic hydroxyl groups excluding tert-OH is 2. The van der Waals surface area contributed by atoms with Crippen molar-refractivity contribution in [3.05, 3.63) is 0 Å². The number of hydrogen-bond acceptors (Lipinski definition) is 5. The van der Waals surface area contributed by atoms with Crippen molar-refractivity contribution in [1.29, 1.82) is 0 Å². The second kappa shape index (κ2) is 6.83. The third-order valence-corrected chi connectivity index (χ3v) is 5.61. The van der Waals surface area contributed by atoms with Gasteiger partial charge in [-0.15, -0.1) is 0 Å². The van der Waals surface area contributed by atoms with Gasteiger partial charge in [-0.2, -0.15) is 0 Å². The Balaban J connectivity index is 1.79. The van der Waals surface area contributed by atoms with Gasteiger partial charge < -0.3 is 10.2 Å². The van der Waals surface area contributed by atoms with Crippen LogP contribution >= 0.6 is 12.2 Å². The van der Waals surface area contributed by atoms with E-state index in [-0.39, 0.29) is 35.4 Å². The van der Waals surface area contributed by atoms with Crippen LogP contribution in [0.4, 0.5) is 0 Å². The van der Waals surface area contributed by atoms with E-state index in [1.54, 1.807) is 9.80 Å². The standard InChI is InChI=1S/C16H24N2O4S/c19-12-5-1-3-10(7-12)17-14(21)9-15(22)18(16(17)23)11-4-2-6-13(20)8-11/h10-13,19-20H,1-9H2. The molecule has 0 spiro atoms. The van der Waals surface area contributed by atoms with Crippen molar-refractivity contribution in [2.45, 2.75) is 82.1 Å². The van der Waals surface area contributed by atoms with Gasteiger partial charge in [-0.3, -0.25) is 19.4 Å². The Labute approximate surface area is 141 Å². The molecule has 0 radical (unpaired) electrons. The lowest BCUT2D eigenvalue weighted by Gasteiger charge is -2.45. The number of rotatable bonds is 2. The van der Waals surface area contributed by atoms with E-state index in [1.165, 1.54) is 0 Å². The highest BCUT2D eigenvalue weighted by Crippen LogP contribution is 2.31. The third kappa shape index (κ3) is 3.41. The Kier molecular flexibility index (Phi) is 4.98. The van der Waals surface area contributed by atoms with Crippen LogP contribution in [0.5, 0.6) is 0 Å². The number of thiocarbonyl (C=S) groups is 1. The number of carbonyl (C=O) groups is 2. The molecule has 2 amide bonds. The molecule has 1 saturated heterocycles. The van der Waals surface area contributed by atoms with Crippen LogP contribution in [0, 0.1) is 0 Å². The monoisotopic (exact) mass is 340 g/mol. The van der Waals surface area contributed by atoms with E-state index in [1.807, 2.05) is 0 Å². The molecule has 0 aromatic carbocycles. The lowest BCUT2D eigenvalue weighted by atomic mass is 9.89. The molecule has 4 atom stereocenters. The van der Waals surface area contributed by atoms with Crippen LogP contribution in [-0.4, -0.2) is 61.2 Å². The number of carbonyl (C=O) groups excluding carboxylic acids is 2. The molecule has 1 aliphatic heterocycles. The zero-order valence-corrected chi connectivity index (χ0v) is 14.0. The molecular weight excluding hydrogens is 316 g/mol. The number of aliphatic hydroxyl groups is 2. The molecule has 3 fully saturated rings. The molecule has 0 aromatic rings. The molecule has 23 heavy (non-hydrogen) atoms. The molecule has 3 aliphatic rings. The molecule has 4 unspecified atom stereocenters. The third-order valence-electron chi connectivity index (χ3n) is 5.22. The van der Waals surface area contributed by atoms with Gasteiger partial charge in [0.1, 0.15) is 6.42 Å². The van der Waals surface area contributed by atoms with Crippen molar-refractivity contribution in [3.63, 3.8) is 0 Å². The van der Waals surface area contributed by atoms with E-state index >= 15 is 0 Å². The largest absolute Gasteiger partial charge is 0.393 e. The first-order valence-electron chi connectivity index (χ1n) is 8.51. The van der Waals surface area contributed by atoms with Gasteiger partial charge in [0.25, 0.3) is 0 Å². The van der Waals surface area contributed by atoms with Gasteiger partial charge in [0.15, 0.2) is 5.11 Å². The fraction of sp³-hybridized carbons (Fsp3) is 0.812. The normalized spacial score (nSPS) is 36.5. The second-order valence-electron chi connectivity index (χ2n) is 6.94. The van der Waals surface area contributed by atoms with Crippen LogP contribution in [0.15, 0.2) is 0 Å². The zero-order valence-electron chi connectivity index (χ0n) is 13.2. The highest BCUT2D eigenvalue weighted by atomic mass is 32.1. The topological polar surface area (TPSA) is 81.1 Å². The Bertz CT molecular complexity index is 470. The highest BCUT2D eigenvalue weighted by molar-refractivity contribution is 7.80. The van der Waals surface area contributed by atoms with Crippen LogP contribution in [0.1, 0.15) is 57.8 Å². The van der Waals surface area contributed by atoms with Crippen LogP contribution in [0.25, 0.3) is 0 Å². The SMILES string of the molecule is O=C1CC(=O)N(C2CCCC(O)C2)C(=S)N1C1CCCC(O)C1. The second-order valence-corrected chi connectivity index (χ2v) is 7.30. The molecule has 2 saturated carbocycles. The average Bonchev–Trinajstić information content (AvgIpc) is 2.47. The molecule has 0 bridgehead atoms. The minimum absolute atomic E-state index is 0.122. The minimum atomic E-state index is -0.410. The zero-order chi connectivity index (χ0) is 16.6. The molecule has 2 aliphatic carbocycles. The molecule has 7 heteroatoms. The van der Waals surface area contributed by atoms with Crippen molar-refractivity contribution in [1.82, 2.24) is 9.80 Å². The number of nitrogens with zero attached hydrogens (tertiary/aromatic N) is 2. The van der Waals surface area contributed by atoms with E-state index in [4.69, 9.17) is 12.2 Å². The fourth-order valence-corrected chi connectivity index (χ4v) is 4.60. The molecule has 128 valence electrons. The first kappa shape index (κ1) is 16.8. The van der Waals surface area contributed by atoms with E-state index in [0.717, 1.165) is 38.5 Å². The quantitative estimate of drug-likeness (QED) is 0.578. The molecule has 0 aromatic heterocycles. The predicted octanol–water partition coefficient (Wildman–Crippen LogP) is 0.939. The van der Waals surface area contributed by atoms with Gasteiger partial charge in [-0.25, -0.2) is 0 Å². The maximum Gasteiger partial charge on any atom is 0.238 e. The van der Waals surface area contributed by atoms with Gasteiger partial charge in [0, 0.05) is 12.1 Å². The Hall–Kier alpha value is -1.05. The summed E-state index contributed by atoms with van der Waals surface area (Å²) >= 11 is 5.49. The van der Waals surface area contributed by atoms with Crippen molar-refractivity contribution in [2.75, 3.05) is 0 Å². The Morgan fingerprint density at radius 3 is 1.65 bits per heavy atom. The van der Waals surface area contributed by atoms with Crippen molar-refractivity contribution >= 4 is 29.1 Å². The molecular formula is C16H24N2O4S. The number of hydrogen-bond donors (Lipinski definition) is 2.